The molecule has 24 heavy (non-hydrogen) atoms. The Morgan fingerprint density at radius 3 is 2.75 bits per heavy atom. The van der Waals surface area contributed by atoms with E-state index < -0.39 is 29.7 Å². The number of hydrogen-bond donors (Lipinski definition) is 4. The minimum atomic E-state index is -1.01. The molecule has 1 saturated carbocycles. The number of H-pyrrole nitrogens is 1. The third-order valence-electron chi connectivity index (χ3n) is 4.59. The van der Waals surface area contributed by atoms with Gasteiger partial charge in [-0.2, -0.15) is 4.98 Å². The molecule has 3 unspecified atom stereocenters. The molecule has 3 heterocycles. The fourth-order valence-corrected chi connectivity index (χ4v) is 3.24. The number of imidazole rings is 1. The zero-order valence-corrected chi connectivity index (χ0v) is 12.9. The zero-order valence-electron chi connectivity index (χ0n) is 12.9. The lowest BCUT2D eigenvalue weighted by molar-refractivity contribution is -0.0506. The molecule has 5 N–H and O–H groups in total. The maximum Gasteiger partial charge on any atom is 0.332 e. The van der Waals surface area contributed by atoms with E-state index in [9.17, 15) is 19.8 Å². The first kappa shape index (κ1) is 15.4. The Bertz CT molecular complexity index is 895. The first-order chi connectivity index (χ1) is 11.5. The number of aliphatic hydroxyl groups is 2. The molecule has 3 atom stereocenters. The topological polar surface area (TPSA) is 148 Å². The van der Waals surface area contributed by atoms with Crippen molar-refractivity contribution in [2.24, 2.45) is 5.92 Å². The zero-order chi connectivity index (χ0) is 17.0. The molecule has 0 bridgehead atoms. The van der Waals surface area contributed by atoms with Gasteiger partial charge in [-0.3, -0.25) is 14.3 Å². The molecule has 0 amide bonds. The van der Waals surface area contributed by atoms with Crippen molar-refractivity contribution < 1.29 is 14.9 Å². The molecular formula is C14H19N5O5. The number of rotatable bonds is 4. The third kappa shape index (κ3) is 2.34. The van der Waals surface area contributed by atoms with Crippen molar-refractivity contribution in [3.63, 3.8) is 0 Å². The van der Waals surface area contributed by atoms with Crippen molar-refractivity contribution in [2.45, 2.75) is 44.2 Å². The average molecular weight is 337 g/mol. The van der Waals surface area contributed by atoms with E-state index in [0.29, 0.717) is 12.5 Å². The number of aromatic nitrogens is 4. The van der Waals surface area contributed by atoms with Crippen molar-refractivity contribution in [1.29, 1.82) is 0 Å². The standard InChI is InChI=1S/C14H19N5O5/c15-13-16-10-9(11(22)17-13)18(4-6-1-2-6)14(23)19(10)12-8(21)3-7(5-20)24-12/h6-8,12,20-21H,1-5H2,(H3,15,16,17,22). The second kappa shape index (κ2) is 5.43. The summed E-state index contributed by atoms with van der Waals surface area (Å²) in [6.45, 7) is 0.155. The van der Waals surface area contributed by atoms with Gasteiger partial charge in [-0.25, -0.2) is 9.36 Å². The fourth-order valence-electron chi connectivity index (χ4n) is 3.24. The smallest absolute Gasteiger partial charge is 0.332 e. The van der Waals surface area contributed by atoms with E-state index in [1.54, 1.807) is 0 Å². The number of aliphatic hydroxyl groups excluding tert-OH is 2. The minimum Gasteiger partial charge on any atom is -0.394 e. The summed E-state index contributed by atoms with van der Waals surface area (Å²) in [5, 5.41) is 19.5. The van der Waals surface area contributed by atoms with Gasteiger partial charge in [0.1, 0.15) is 6.10 Å². The highest BCUT2D eigenvalue weighted by Crippen LogP contribution is 2.32. The highest BCUT2D eigenvalue weighted by molar-refractivity contribution is 5.71. The molecule has 10 nitrogen and oxygen atoms in total. The van der Waals surface area contributed by atoms with Crippen molar-refractivity contribution in [3.8, 4) is 0 Å². The van der Waals surface area contributed by atoms with E-state index in [-0.39, 0.29) is 30.1 Å². The van der Waals surface area contributed by atoms with Crippen LogP contribution in [0.5, 0.6) is 0 Å². The van der Waals surface area contributed by atoms with Crippen LogP contribution in [0.25, 0.3) is 11.2 Å². The van der Waals surface area contributed by atoms with Gasteiger partial charge in [-0.15, -0.1) is 0 Å². The van der Waals surface area contributed by atoms with E-state index >= 15 is 0 Å². The molecule has 1 saturated heterocycles. The normalized spacial score (nSPS) is 27.2. The number of nitrogens with zero attached hydrogens (tertiary/aromatic N) is 3. The summed E-state index contributed by atoms with van der Waals surface area (Å²) < 4.78 is 8.11. The monoisotopic (exact) mass is 337 g/mol. The van der Waals surface area contributed by atoms with Gasteiger partial charge in [-0.05, 0) is 18.8 Å². The first-order valence-corrected chi connectivity index (χ1v) is 7.94. The summed E-state index contributed by atoms with van der Waals surface area (Å²) in [5.41, 5.74) is 4.87. The minimum absolute atomic E-state index is 0.0875. The number of nitrogen functional groups attached to an aromatic ring is 1. The molecule has 0 radical (unpaired) electrons. The third-order valence-corrected chi connectivity index (χ3v) is 4.59. The maximum absolute atomic E-state index is 12.9. The van der Waals surface area contributed by atoms with Gasteiger partial charge in [-0.1, -0.05) is 0 Å². The van der Waals surface area contributed by atoms with Crippen LogP contribution in [0.1, 0.15) is 25.5 Å². The van der Waals surface area contributed by atoms with E-state index in [1.165, 1.54) is 9.13 Å². The van der Waals surface area contributed by atoms with Crippen LogP contribution in [0.2, 0.25) is 0 Å². The van der Waals surface area contributed by atoms with Crippen molar-refractivity contribution in [1.82, 2.24) is 19.1 Å². The summed E-state index contributed by atoms with van der Waals surface area (Å²) in [4.78, 5) is 31.7. The largest absolute Gasteiger partial charge is 0.394 e. The summed E-state index contributed by atoms with van der Waals surface area (Å²) in [7, 11) is 0. The van der Waals surface area contributed by atoms with Gasteiger partial charge < -0.3 is 20.7 Å². The van der Waals surface area contributed by atoms with Crippen LogP contribution in [0.15, 0.2) is 9.59 Å². The lowest BCUT2D eigenvalue weighted by Gasteiger charge is -2.15. The number of aromatic amines is 1. The van der Waals surface area contributed by atoms with Gasteiger partial charge in [0, 0.05) is 13.0 Å². The van der Waals surface area contributed by atoms with Crippen LogP contribution < -0.4 is 17.0 Å². The van der Waals surface area contributed by atoms with Crippen molar-refractivity contribution in [3.05, 3.63) is 20.8 Å². The molecule has 2 aromatic rings. The Hall–Kier alpha value is -2.17. The Morgan fingerprint density at radius 2 is 2.12 bits per heavy atom. The molecule has 130 valence electrons. The Labute approximate surface area is 135 Å². The van der Waals surface area contributed by atoms with Crippen LogP contribution in [-0.4, -0.2) is 48.1 Å². The van der Waals surface area contributed by atoms with E-state index in [1.807, 2.05) is 0 Å². The summed E-state index contributed by atoms with van der Waals surface area (Å²) >= 11 is 0. The molecule has 0 spiro atoms. The summed E-state index contributed by atoms with van der Waals surface area (Å²) in [5.74, 6) is 0.245. The molecule has 2 fully saturated rings. The van der Waals surface area contributed by atoms with Gasteiger partial charge in [0.05, 0.1) is 12.7 Å². The van der Waals surface area contributed by atoms with Gasteiger partial charge in [0.15, 0.2) is 17.4 Å². The average Bonchev–Trinajstić information content (AvgIpc) is 3.21. The molecule has 2 aromatic heterocycles. The molecule has 1 aliphatic heterocycles. The number of hydrogen-bond acceptors (Lipinski definition) is 7. The molecular weight excluding hydrogens is 318 g/mol. The SMILES string of the molecule is Nc1nc2c(c(=O)[nH]1)n(CC1CC1)c(=O)n2C1OC(CO)CC1O. The van der Waals surface area contributed by atoms with Gasteiger partial charge >= 0.3 is 5.69 Å². The predicted molar refractivity (Wildman–Crippen MR) is 83.4 cm³/mol. The van der Waals surface area contributed by atoms with Crippen LogP contribution in [0, 0.1) is 5.92 Å². The maximum atomic E-state index is 12.9. The number of fused-ring (bicyclic) bond motifs is 1. The molecule has 2 aliphatic rings. The van der Waals surface area contributed by atoms with Gasteiger partial charge in [0.25, 0.3) is 5.56 Å². The lowest BCUT2D eigenvalue weighted by atomic mass is 10.2. The van der Waals surface area contributed by atoms with Crippen LogP contribution in [0.4, 0.5) is 5.95 Å². The quantitative estimate of drug-likeness (QED) is 0.531. The van der Waals surface area contributed by atoms with Crippen molar-refractivity contribution >= 4 is 17.1 Å². The summed E-state index contributed by atoms with van der Waals surface area (Å²) in [6, 6.07) is 0. The fraction of sp³-hybridized carbons (Fsp3) is 0.643. The molecule has 10 heteroatoms. The van der Waals surface area contributed by atoms with E-state index in [0.717, 1.165) is 12.8 Å². The summed E-state index contributed by atoms with van der Waals surface area (Å²) in [6.07, 6.45) is -0.350. The van der Waals surface area contributed by atoms with E-state index in [2.05, 4.69) is 9.97 Å². The number of nitrogens with one attached hydrogen (secondary N) is 1. The van der Waals surface area contributed by atoms with Crippen molar-refractivity contribution in [2.75, 3.05) is 12.3 Å². The highest BCUT2D eigenvalue weighted by atomic mass is 16.5. The Kier molecular flexibility index (Phi) is 3.48. The number of ether oxygens (including phenoxy) is 1. The van der Waals surface area contributed by atoms with Crippen LogP contribution >= 0.6 is 0 Å². The van der Waals surface area contributed by atoms with E-state index in [4.69, 9.17) is 10.5 Å². The number of anilines is 1. The molecule has 4 rings (SSSR count). The van der Waals surface area contributed by atoms with Gasteiger partial charge in [0.2, 0.25) is 5.95 Å². The Morgan fingerprint density at radius 1 is 1.38 bits per heavy atom. The second-order valence-corrected chi connectivity index (χ2v) is 6.46. The molecule has 1 aliphatic carbocycles. The Balaban J connectivity index is 1.93. The van der Waals surface area contributed by atoms with Crippen LogP contribution in [0.3, 0.4) is 0 Å². The van der Waals surface area contributed by atoms with Crippen LogP contribution in [-0.2, 0) is 11.3 Å². The second-order valence-electron chi connectivity index (χ2n) is 6.46. The highest BCUT2D eigenvalue weighted by Gasteiger charge is 2.38. The lowest BCUT2D eigenvalue weighted by Crippen LogP contribution is -2.32. The number of nitrogens with two attached hydrogens (primary N) is 1. The first-order valence-electron chi connectivity index (χ1n) is 7.94. The molecule has 0 aromatic carbocycles. The predicted octanol–water partition coefficient (Wildman–Crippen LogP) is -1.48.